The molecule has 0 aliphatic rings. The molecule has 1 aromatic carbocycles. The largest absolute Gasteiger partial charge is 0.314 e. The van der Waals surface area contributed by atoms with Crippen LogP contribution in [0.15, 0.2) is 17.5 Å². The van der Waals surface area contributed by atoms with Crippen molar-refractivity contribution in [3.05, 3.63) is 50.5 Å². The molecule has 0 bridgehead atoms. The minimum Gasteiger partial charge on any atom is -0.314 e. The van der Waals surface area contributed by atoms with E-state index in [1.54, 1.807) is 11.3 Å². The Morgan fingerprint density at radius 1 is 1.10 bits per heavy atom. The highest BCUT2D eigenvalue weighted by atomic mass is 32.1. The summed E-state index contributed by atoms with van der Waals surface area (Å²) in [7, 11) is 0. The van der Waals surface area contributed by atoms with Crippen molar-refractivity contribution < 1.29 is 0 Å². The van der Waals surface area contributed by atoms with Gasteiger partial charge in [-0.2, -0.15) is 0 Å². The fourth-order valence-corrected chi connectivity index (χ4v) is 3.66. The maximum atomic E-state index is 4.61. The molecule has 1 unspecified atom stereocenters. The van der Waals surface area contributed by atoms with Crippen molar-refractivity contribution in [1.82, 2.24) is 10.3 Å². The summed E-state index contributed by atoms with van der Waals surface area (Å²) in [6, 6.07) is 5.04. The summed E-state index contributed by atoms with van der Waals surface area (Å²) in [6.45, 7) is 11.9. The van der Waals surface area contributed by atoms with Crippen molar-refractivity contribution in [3.8, 4) is 0 Å². The van der Waals surface area contributed by atoms with Crippen LogP contribution in [0.1, 0.15) is 39.9 Å². The van der Waals surface area contributed by atoms with Crippen molar-refractivity contribution in [1.29, 1.82) is 0 Å². The van der Waals surface area contributed by atoms with E-state index in [1.807, 2.05) is 0 Å². The van der Waals surface area contributed by atoms with Gasteiger partial charge in [-0.25, -0.2) is 4.98 Å². The molecule has 0 aliphatic heterocycles. The smallest absolute Gasteiger partial charge is 0.0897 e. The van der Waals surface area contributed by atoms with Gasteiger partial charge in [-0.1, -0.05) is 24.6 Å². The third-order valence-electron chi connectivity index (χ3n) is 3.91. The number of hydrogen-bond donors (Lipinski definition) is 1. The lowest BCUT2D eigenvalue weighted by atomic mass is 9.93. The second kappa shape index (κ2) is 7.19. The van der Waals surface area contributed by atoms with Crippen LogP contribution in [0.4, 0.5) is 0 Å². The topological polar surface area (TPSA) is 24.9 Å². The number of rotatable bonds is 6. The maximum Gasteiger partial charge on any atom is 0.0897 e. The number of thiazole rings is 1. The van der Waals surface area contributed by atoms with E-state index in [4.69, 9.17) is 0 Å². The lowest BCUT2D eigenvalue weighted by molar-refractivity contribution is 0.515. The van der Waals surface area contributed by atoms with Crippen LogP contribution in [0.5, 0.6) is 0 Å². The number of nitrogens with zero attached hydrogens (tertiary/aromatic N) is 1. The molecule has 1 heterocycles. The Balaban J connectivity index is 2.16. The molecule has 0 amide bonds. The predicted octanol–water partition coefficient (Wildman–Crippen LogP) is 4.14. The van der Waals surface area contributed by atoms with Crippen LogP contribution in [-0.4, -0.2) is 17.6 Å². The molecule has 21 heavy (non-hydrogen) atoms. The zero-order valence-corrected chi connectivity index (χ0v) is 14.6. The van der Waals surface area contributed by atoms with Crippen LogP contribution in [-0.2, 0) is 12.8 Å². The SMILES string of the molecule is CCNC(Cc1csc(C)n1)Cc1c(C)cc(C)cc1C. The standard InChI is InChI=1S/C18H26N2S/c1-6-19-16(9-17-11-21-15(5)20-17)10-18-13(3)7-12(2)8-14(18)4/h7-8,11,16,19H,6,9-10H2,1-5H3. The van der Waals surface area contributed by atoms with Crippen LogP contribution < -0.4 is 5.32 Å². The van der Waals surface area contributed by atoms with Crippen molar-refractivity contribution in [3.63, 3.8) is 0 Å². The van der Waals surface area contributed by atoms with E-state index in [-0.39, 0.29) is 0 Å². The molecule has 0 aliphatic carbocycles. The zero-order chi connectivity index (χ0) is 15.4. The van der Waals surface area contributed by atoms with Crippen LogP contribution >= 0.6 is 11.3 Å². The minimum atomic E-state index is 0.455. The normalized spacial score (nSPS) is 12.6. The molecule has 1 aromatic heterocycles. The first-order valence-corrected chi connectivity index (χ1v) is 8.58. The fourth-order valence-electron chi connectivity index (χ4n) is 3.04. The molecular formula is C18H26N2S. The van der Waals surface area contributed by atoms with Crippen molar-refractivity contribution >= 4 is 11.3 Å². The Labute approximate surface area is 132 Å². The van der Waals surface area contributed by atoms with Crippen LogP contribution in [0.2, 0.25) is 0 Å². The summed E-state index contributed by atoms with van der Waals surface area (Å²) < 4.78 is 0. The van der Waals surface area contributed by atoms with Gasteiger partial charge in [-0.3, -0.25) is 0 Å². The number of likely N-dealkylation sites (N-methyl/N-ethyl adjacent to an activating group) is 1. The first-order chi connectivity index (χ1) is 9.99. The summed E-state index contributed by atoms with van der Waals surface area (Å²) in [5, 5.41) is 6.97. The lowest BCUT2D eigenvalue weighted by Crippen LogP contribution is -2.33. The molecular weight excluding hydrogens is 276 g/mol. The van der Waals surface area contributed by atoms with Gasteiger partial charge in [-0.05, 0) is 57.4 Å². The third kappa shape index (κ3) is 4.39. The number of aryl methyl sites for hydroxylation is 4. The first kappa shape index (κ1) is 16.2. The van der Waals surface area contributed by atoms with Crippen LogP contribution in [0.3, 0.4) is 0 Å². The van der Waals surface area contributed by atoms with Gasteiger partial charge in [0.25, 0.3) is 0 Å². The Kier molecular flexibility index (Phi) is 5.54. The highest BCUT2D eigenvalue weighted by Gasteiger charge is 2.14. The van der Waals surface area contributed by atoms with E-state index in [0.29, 0.717) is 6.04 Å². The number of hydrogen-bond acceptors (Lipinski definition) is 3. The van der Waals surface area contributed by atoms with Crippen LogP contribution in [0.25, 0.3) is 0 Å². The number of aromatic nitrogens is 1. The zero-order valence-electron chi connectivity index (χ0n) is 13.8. The predicted molar refractivity (Wildman–Crippen MR) is 92.4 cm³/mol. The van der Waals surface area contributed by atoms with Crippen molar-refractivity contribution in [2.45, 2.75) is 53.5 Å². The molecule has 0 saturated carbocycles. The molecule has 0 radical (unpaired) electrons. The Bertz CT molecular complexity index is 578. The summed E-state index contributed by atoms with van der Waals surface area (Å²) in [4.78, 5) is 4.61. The quantitative estimate of drug-likeness (QED) is 0.867. The van der Waals surface area contributed by atoms with E-state index in [0.717, 1.165) is 24.4 Å². The third-order valence-corrected chi connectivity index (χ3v) is 4.73. The fraction of sp³-hybridized carbons (Fsp3) is 0.500. The van der Waals surface area contributed by atoms with Gasteiger partial charge >= 0.3 is 0 Å². The monoisotopic (exact) mass is 302 g/mol. The Hall–Kier alpha value is -1.19. The van der Waals surface area contributed by atoms with Gasteiger partial charge in [0, 0.05) is 17.8 Å². The number of nitrogens with one attached hydrogen (secondary N) is 1. The van der Waals surface area contributed by atoms with E-state index >= 15 is 0 Å². The van der Waals surface area contributed by atoms with E-state index in [2.05, 4.69) is 62.4 Å². The van der Waals surface area contributed by atoms with Gasteiger partial charge in [0.1, 0.15) is 0 Å². The average Bonchev–Trinajstić information content (AvgIpc) is 2.79. The highest BCUT2D eigenvalue weighted by molar-refractivity contribution is 7.09. The van der Waals surface area contributed by atoms with E-state index in [1.165, 1.54) is 27.9 Å². The Morgan fingerprint density at radius 2 is 1.76 bits per heavy atom. The van der Waals surface area contributed by atoms with Crippen molar-refractivity contribution in [2.24, 2.45) is 0 Å². The summed E-state index contributed by atoms with van der Waals surface area (Å²) in [5.41, 5.74) is 6.86. The van der Waals surface area contributed by atoms with Crippen molar-refractivity contribution in [2.75, 3.05) is 6.54 Å². The molecule has 1 N–H and O–H groups in total. The highest BCUT2D eigenvalue weighted by Crippen LogP contribution is 2.20. The van der Waals surface area contributed by atoms with Gasteiger partial charge in [0.15, 0.2) is 0 Å². The van der Waals surface area contributed by atoms with E-state index < -0.39 is 0 Å². The molecule has 3 heteroatoms. The van der Waals surface area contributed by atoms with Gasteiger partial charge in [0.2, 0.25) is 0 Å². The molecule has 2 rings (SSSR count). The van der Waals surface area contributed by atoms with Gasteiger partial charge < -0.3 is 5.32 Å². The average molecular weight is 302 g/mol. The second-order valence-electron chi connectivity index (χ2n) is 5.90. The summed E-state index contributed by atoms with van der Waals surface area (Å²) >= 11 is 1.74. The molecule has 2 aromatic rings. The molecule has 2 nitrogen and oxygen atoms in total. The number of benzene rings is 1. The maximum absolute atomic E-state index is 4.61. The van der Waals surface area contributed by atoms with Gasteiger partial charge in [0.05, 0.1) is 10.7 Å². The molecule has 1 atom stereocenters. The molecule has 114 valence electrons. The summed E-state index contributed by atoms with van der Waals surface area (Å²) in [5.74, 6) is 0. The van der Waals surface area contributed by atoms with Gasteiger partial charge in [-0.15, -0.1) is 11.3 Å². The second-order valence-corrected chi connectivity index (χ2v) is 6.96. The first-order valence-electron chi connectivity index (χ1n) is 7.70. The van der Waals surface area contributed by atoms with E-state index in [9.17, 15) is 0 Å². The Morgan fingerprint density at radius 3 is 2.29 bits per heavy atom. The molecule has 0 spiro atoms. The molecule has 0 saturated heterocycles. The minimum absolute atomic E-state index is 0.455. The van der Waals surface area contributed by atoms with Crippen LogP contribution in [0, 0.1) is 27.7 Å². The lowest BCUT2D eigenvalue weighted by Gasteiger charge is -2.20. The molecule has 0 fully saturated rings. The summed E-state index contributed by atoms with van der Waals surface area (Å²) in [6.07, 6.45) is 2.08.